The second-order valence-corrected chi connectivity index (χ2v) is 5.94. The quantitative estimate of drug-likeness (QED) is 0.456. The van der Waals surface area contributed by atoms with Gasteiger partial charge in [0.2, 0.25) is 0 Å². The number of nitrogens with zero attached hydrogens (tertiary/aromatic N) is 2. The predicted molar refractivity (Wildman–Crippen MR) is 103 cm³/mol. The number of hydrogen-bond acceptors (Lipinski definition) is 2. The smallest absolute Gasteiger partial charge is 0.251 e. The number of benzene rings is 2. The maximum Gasteiger partial charge on any atom is 0.251 e. The van der Waals surface area contributed by atoms with Gasteiger partial charge in [0.15, 0.2) is 5.96 Å². The van der Waals surface area contributed by atoms with Crippen LogP contribution in [0.5, 0.6) is 0 Å². The molecule has 0 spiro atoms. The zero-order valence-corrected chi connectivity index (χ0v) is 15.2. The van der Waals surface area contributed by atoms with Crippen LogP contribution in [0.1, 0.15) is 22.3 Å². The van der Waals surface area contributed by atoms with E-state index in [4.69, 9.17) is 0 Å². The predicted octanol–water partition coefficient (Wildman–Crippen LogP) is 2.65. The van der Waals surface area contributed by atoms with E-state index in [0.29, 0.717) is 25.2 Å². The van der Waals surface area contributed by atoms with Crippen LogP contribution < -0.4 is 10.6 Å². The summed E-state index contributed by atoms with van der Waals surface area (Å²) >= 11 is 0. The van der Waals surface area contributed by atoms with Crippen molar-refractivity contribution in [2.45, 2.75) is 13.0 Å². The Kier molecular flexibility index (Phi) is 7.61. The van der Waals surface area contributed by atoms with Crippen molar-refractivity contribution in [2.24, 2.45) is 4.99 Å². The molecule has 0 radical (unpaired) electrons. The van der Waals surface area contributed by atoms with Gasteiger partial charge in [0, 0.05) is 39.3 Å². The van der Waals surface area contributed by atoms with Gasteiger partial charge in [-0.05, 0) is 36.2 Å². The Labute approximate surface area is 153 Å². The van der Waals surface area contributed by atoms with E-state index in [-0.39, 0.29) is 11.7 Å². The Bertz CT molecular complexity index is 734. The van der Waals surface area contributed by atoms with Gasteiger partial charge < -0.3 is 15.5 Å². The van der Waals surface area contributed by atoms with Gasteiger partial charge in [-0.2, -0.15) is 0 Å². The fourth-order valence-electron chi connectivity index (χ4n) is 2.55. The average molecular weight is 356 g/mol. The van der Waals surface area contributed by atoms with Crippen molar-refractivity contribution in [1.29, 1.82) is 0 Å². The van der Waals surface area contributed by atoms with E-state index in [0.717, 1.165) is 17.9 Å². The Morgan fingerprint density at radius 3 is 2.50 bits per heavy atom. The third-order valence-corrected chi connectivity index (χ3v) is 3.84. The molecule has 0 aliphatic heterocycles. The van der Waals surface area contributed by atoms with E-state index >= 15 is 0 Å². The van der Waals surface area contributed by atoms with Crippen molar-refractivity contribution in [2.75, 3.05) is 27.2 Å². The summed E-state index contributed by atoms with van der Waals surface area (Å²) in [7, 11) is 3.61. The third-order valence-electron chi connectivity index (χ3n) is 3.84. The van der Waals surface area contributed by atoms with Crippen LogP contribution in [0.15, 0.2) is 59.6 Å². The molecule has 2 N–H and O–H groups in total. The van der Waals surface area contributed by atoms with Crippen LogP contribution in [0.25, 0.3) is 0 Å². The molecule has 0 heterocycles. The van der Waals surface area contributed by atoms with Gasteiger partial charge in [-0.1, -0.05) is 30.3 Å². The summed E-state index contributed by atoms with van der Waals surface area (Å²) in [6, 6.07) is 15.7. The van der Waals surface area contributed by atoms with Crippen LogP contribution >= 0.6 is 0 Å². The number of rotatable bonds is 7. The van der Waals surface area contributed by atoms with Crippen molar-refractivity contribution < 1.29 is 9.18 Å². The van der Waals surface area contributed by atoms with E-state index in [2.05, 4.69) is 15.6 Å². The lowest BCUT2D eigenvalue weighted by atomic mass is 10.2. The third kappa shape index (κ3) is 6.20. The molecule has 0 saturated heterocycles. The largest absolute Gasteiger partial charge is 0.356 e. The van der Waals surface area contributed by atoms with Gasteiger partial charge in [-0.25, -0.2) is 4.39 Å². The molecule has 0 aromatic heterocycles. The zero-order valence-electron chi connectivity index (χ0n) is 15.2. The summed E-state index contributed by atoms with van der Waals surface area (Å²) in [5.74, 6) is 0.412. The summed E-state index contributed by atoms with van der Waals surface area (Å²) in [5, 5.41) is 6.14. The van der Waals surface area contributed by atoms with Crippen LogP contribution in [0.2, 0.25) is 0 Å². The van der Waals surface area contributed by atoms with Crippen molar-refractivity contribution in [1.82, 2.24) is 15.5 Å². The van der Waals surface area contributed by atoms with Gasteiger partial charge in [-0.3, -0.25) is 9.79 Å². The maximum absolute atomic E-state index is 13.3. The highest BCUT2D eigenvalue weighted by Gasteiger charge is 2.07. The molecule has 2 rings (SSSR count). The molecule has 26 heavy (non-hydrogen) atoms. The van der Waals surface area contributed by atoms with Gasteiger partial charge >= 0.3 is 0 Å². The number of aliphatic imine (C=N–C) groups is 1. The fourth-order valence-corrected chi connectivity index (χ4v) is 2.55. The molecule has 2 aromatic rings. The van der Waals surface area contributed by atoms with Gasteiger partial charge in [0.1, 0.15) is 5.82 Å². The molecule has 0 unspecified atom stereocenters. The highest BCUT2D eigenvalue weighted by atomic mass is 19.1. The number of carbonyl (C=O) groups is 1. The molecule has 1 amide bonds. The lowest BCUT2D eigenvalue weighted by Crippen LogP contribution is -2.39. The molecule has 0 aliphatic rings. The van der Waals surface area contributed by atoms with Gasteiger partial charge in [0.05, 0.1) is 0 Å². The number of nitrogens with one attached hydrogen (secondary N) is 2. The minimum absolute atomic E-state index is 0.0711. The molecule has 6 heteroatoms. The maximum atomic E-state index is 13.3. The summed E-state index contributed by atoms with van der Waals surface area (Å²) in [6.07, 6.45) is 0.769. The molecule has 0 saturated carbocycles. The van der Waals surface area contributed by atoms with Crippen LogP contribution in [-0.4, -0.2) is 44.0 Å². The van der Waals surface area contributed by atoms with E-state index in [1.165, 1.54) is 12.1 Å². The van der Waals surface area contributed by atoms with E-state index in [1.807, 2.05) is 36.2 Å². The van der Waals surface area contributed by atoms with Crippen LogP contribution in [0, 0.1) is 5.82 Å². The Morgan fingerprint density at radius 1 is 1.08 bits per heavy atom. The van der Waals surface area contributed by atoms with Gasteiger partial charge in [-0.15, -0.1) is 0 Å². The highest BCUT2D eigenvalue weighted by Crippen LogP contribution is 2.06. The number of guanidine groups is 1. The standard InChI is InChI=1S/C20H25FN4O/c1-22-20(25(2)15-16-8-6-11-18(21)14-16)24-13-7-12-23-19(26)17-9-4-3-5-10-17/h3-6,8-11,14H,7,12-13,15H2,1-2H3,(H,22,24)(H,23,26). The first kappa shape index (κ1) is 19.4. The van der Waals surface area contributed by atoms with Crippen LogP contribution in [0.3, 0.4) is 0 Å². The summed E-state index contributed by atoms with van der Waals surface area (Å²) < 4.78 is 13.3. The van der Waals surface area contributed by atoms with E-state index < -0.39 is 0 Å². The monoisotopic (exact) mass is 356 g/mol. The first-order chi connectivity index (χ1) is 12.6. The Morgan fingerprint density at radius 2 is 1.81 bits per heavy atom. The molecule has 0 atom stereocenters. The molecule has 5 nitrogen and oxygen atoms in total. The summed E-state index contributed by atoms with van der Waals surface area (Å²) in [6.45, 7) is 1.81. The van der Waals surface area contributed by atoms with Gasteiger partial charge in [0.25, 0.3) is 5.91 Å². The zero-order chi connectivity index (χ0) is 18.8. The Hall–Kier alpha value is -2.89. The highest BCUT2D eigenvalue weighted by molar-refractivity contribution is 5.94. The van der Waals surface area contributed by atoms with Crippen molar-refractivity contribution >= 4 is 11.9 Å². The van der Waals surface area contributed by atoms with E-state index in [1.54, 1.807) is 25.2 Å². The second kappa shape index (κ2) is 10.2. The number of amides is 1. The number of carbonyl (C=O) groups excluding carboxylic acids is 1. The van der Waals surface area contributed by atoms with Crippen LogP contribution in [-0.2, 0) is 6.54 Å². The van der Waals surface area contributed by atoms with Crippen molar-refractivity contribution in [3.63, 3.8) is 0 Å². The molecule has 0 aliphatic carbocycles. The SMILES string of the molecule is CN=C(NCCCNC(=O)c1ccccc1)N(C)Cc1cccc(F)c1. The van der Waals surface area contributed by atoms with Crippen LogP contribution in [0.4, 0.5) is 4.39 Å². The first-order valence-corrected chi connectivity index (χ1v) is 8.59. The number of hydrogen-bond donors (Lipinski definition) is 2. The first-order valence-electron chi connectivity index (χ1n) is 8.59. The lowest BCUT2D eigenvalue weighted by molar-refractivity contribution is 0.0953. The molecule has 0 fully saturated rings. The topological polar surface area (TPSA) is 56.7 Å². The molecule has 0 bridgehead atoms. The molecule has 2 aromatic carbocycles. The molecular formula is C20H25FN4O. The molecular weight excluding hydrogens is 331 g/mol. The fraction of sp³-hybridized carbons (Fsp3) is 0.300. The van der Waals surface area contributed by atoms with Crippen molar-refractivity contribution in [3.8, 4) is 0 Å². The minimum Gasteiger partial charge on any atom is -0.356 e. The van der Waals surface area contributed by atoms with E-state index in [9.17, 15) is 9.18 Å². The van der Waals surface area contributed by atoms with Crippen molar-refractivity contribution in [3.05, 3.63) is 71.5 Å². The summed E-state index contributed by atoms with van der Waals surface area (Å²) in [4.78, 5) is 18.1. The Balaban J connectivity index is 1.70. The number of halogens is 1. The lowest BCUT2D eigenvalue weighted by Gasteiger charge is -2.22. The normalized spacial score (nSPS) is 11.1. The minimum atomic E-state index is -0.243. The summed E-state index contributed by atoms with van der Waals surface area (Å²) in [5.41, 5.74) is 1.54. The second-order valence-electron chi connectivity index (χ2n) is 5.94. The average Bonchev–Trinajstić information content (AvgIpc) is 2.65. The molecule has 138 valence electrons.